The van der Waals surface area contributed by atoms with Gasteiger partial charge in [0.25, 0.3) is 0 Å². The Bertz CT molecular complexity index is 226. The average Bonchev–Trinajstić information content (AvgIpc) is 2.20. The lowest BCUT2D eigenvalue weighted by Gasteiger charge is -2.43. The Kier molecular flexibility index (Phi) is 4.14. The number of carbonyl (C=O) groups is 1. The van der Waals surface area contributed by atoms with E-state index >= 15 is 0 Å². The van der Waals surface area contributed by atoms with Crippen molar-refractivity contribution in [3.63, 3.8) is 0 Å². The third-order valence-corrected chi connectivity index (χ3v) is 3.44. The van der Waals surface area contributed by atoms with E-state index in [-0.39, 0.29) is 17.9 Å². The highest BCUT2D eigenvalue weighted by molar-refractivity contribution is 5.78. The van der Waals surface area contributed by atoms with Crippen molar-refractivity contribution in [2.45, 2.75) is 64.5 Å². The predicted octanol–water partition coefficient (Wildman–Crippen LogP) is 1.84. The smallest absolute Gasteiger partial charge is 0.223 e. The summed E-state index contributed by atoms with van der Waals surface area (Å²) in [6.45, 7) is 5.87. The number of nitrogens with one attached hydrogen (secondary N) is 1. The van der Waals surface area contributed by atoms with Gasteiger partial charge in [-0.15, -0.1) is 0 Å². The molecule has 0 bridgehead atoms. The minimum atomic E-state index is -0.680. The van der Waals surface area contributed by atoms with Crippen molar-refractivity contribution < 1.29 is 9.90 Å². The number of hydrogen-bond acceptors (Lipinski definition) is 2. The Morgan fingerprint density at radius 2 is 2.33 bits per heavy atom. The van der Waals surface area contributed by atoms with Crippen molar-refractivity contribution in [3.8, 4) is 0 Å². The maximum Gasteiger partial charge on any atom is 0.223 e. The Hall–Kier alpha value is -0.570. The van der Waals surface area contributed by atoms with E-state index in [4.69, 9.17) is 0 Å². The molecule has 88 valence electrons. The van der Waals surface area contributed by atoms with Crippen molar-refractivity contribution in [1.29, 1.82) is 0 Å². The fourth-order valence-electron chi connectivity index (χ4n) is 1.89. The molecule has 15 heavy (non-hydrogen) atoms. The van der Waals surface area contributed by atoms with E-state index in [1.54, 1.807) is 6.92 Å². The molecule has 0 radical (unpaired) electrons. The van der Waals surface area contributed by atoms with E-state index in [0.29, 0.717) is 0 Å². The minimum absolute atomic E-state index is 0.0333. The molecule has 1 amide bonds. The van der Waals surface area contributed by atoms with Crippen LogP contribution in [0.25, 0.3) is 0 Å². The van der Waals surface area contributed by atoms with Gasteiger partial charge in [0.1, 0.15) is 0 Å². The first kappa shape index (κ1) is 12.5. The predicted molar refractivity (Wildman–Crippen MR) is 60.5 cm³/mol. The molecule has 3 nitrogen and oxygen atoms in total. The Morgan fingerprint density at radius 3 is 2.73 bits per heavy atom. The van der Waals surface area contributed by atoms with Gasteiger partial charge in [0, 0.05) is 5.92 Å². The van der Waals surface area contributed by atoms with Crippen molar-refractivity contribution in [2.24, 2.45) is 5.92 Å². The summed E-state index contributed by atoms with van der Waals surface area (Å²) in [5, 5.41) is 12.7. The number of amides is 1. The van der Waals surface area contributed by atoms with E-state index < -0.39 is 5.60 Å². The normalized spacial score (nSPS) is 31.9. The number of hydrogen-bond donors (Lipinski definition) is 2. The van der Waals surface area contributed by atoms with Gasteiger partial charge in [-0.05, 0) is 26.2 Å². The number of carbonyl (C=O) groups excluding carboxylic acids is 1. The Labute approximate surface area is 92.3 Å². The average molecular weight is 213 g/mol. The van der Waals surface area contributed by atoms with Gasteiger partial charge in [0.05, 0.1) is 11.6 Å². The Morgan fingerprint density at radius 1 is 1.67 bits per heavy atom. The Balaban J connectivity index is 2.29. The zero-order valence-corrected chi connectivity index (χ0v) is 10.0. The van der Waals surface area contributed by atoms with Gasteiger partial charge in [0.15, 0.2) is 0 Å². The standard InChI is InChI=1S/C12H23NO2/c1-4-5-6-9(2)11(14)13-10-7-8-12(10,3)15/h9-10,15H,4-8H2,1-3H3,(H,13,14). The SMILES string of the molecule is CCCCC(C)C(=O)NC1CCC1(C)O. The van der Waals surface area contributed by atoms with Gasteiger partial charge < -0.3 is 10.4 Å². The summed E-state index contributed by atoms with van der Waals surface area (Å²) in [6, 6.07) is -0.0333. The minimum Gasteiger partial charge on any atom is -0.388 e. The molecule has 0 heterocycles. The van der Waals surface area contributed by atoms with Crippen LogP contribution in [0.4, 0.5) is 0 Å². The fraction of sp³-hybridized carbons (Fsp3) is 0.917. The molecule has 1 aliphatic carbocycles. The van der Waals surface area contributed by atoms with Gasteiger partial charge in [-0.1, -0.05) is 26.7 Å². The van der Waals surface area contributed by atoms with Crippen LogP contribution >= 0.6 is 0 Å². The largest absolute Gasteiger partial charge is 0.388 e. The van der Waals surface area contributed by atoms with Crippen LogP contribution in [0.1, 0.15) is 52.9 Å². The van der Waals surface area contributed by atoms with E-state index in [0.717, 1.165) is 32.1 Å². The van der Waals surface area contributed by atoms with E-state index in [1.807, 2.05) is 6.92 Å². The maximum atomic E-state index is 11.7. The van der Waals surface area contributed by atoms with Crippen LogP contribution in [0.2, 0.25) is 0 Å². The van der Waals surface area contributed by atoms with Gasteiger partial charge in [-0.2, -0.15) is 0 Å². The van der Waals surface area contributed by atoms with E-state index in [2.05, 4.69) is 12.2 Å². The molecule has 0 aromatic rings. The summed E-state index contributed by atoms with van der Waals surface area (Å²) in [5.74, 6) is 0.162. The first-order valence-corrected chi connectivity index (χ1v) is 6.00. The van der Waals surface area contributed by atoms with Gasteiger partial charge in [0.2, 0.25) is 5.91 Å². The fourth-order valence-corrected chi connectivity index (χ4v) is 1.89. The highest BCUT2D eigenvalue weighted by atomic mass is 16.3. The zero-order valence-electron chi connectivity index (χ0n) is 10.0. The molecule has 0 aliphatic heterocycles. The van der Waals surface area contributed by atoms with Crippen molar-refractivity contribution in [2.75, 3.05) is 0 Å². The summed E-state index contributed by atoms with van der Waals surface area (Å²) in [4.78, 5) is 11.7. The zero-order chi connectivity index (χ0) is 11.5. The molecular weight excluding hydrogens is 190 g/mol. The van der Waals surface area contributed by atoms with E-state index in [1.165, 1.54) is 0 Å². The van der Waals surface area contributed by atoms with Crippen LogP contribution < -0.4 is 5.32 Å². The summed E-state index contributed by atoms with van der Waals surface area (Å²) in [5.41, 5.74) is -0.680. The lowest BCUT2D eigenvalue weighted by Crippen LogP contribution is -2.59. The molecular formula is C12H23NO2. The monoisotopic (exact) mass is 213 g/mol. The number of aliphatic hydroxyl groups is 1. The van der Waals surface area contributed by atoms with Gasteiger partial charge >= 0.3 is 0 Å². The van der Waals surface area contributed by atoms with Gasteiger partial charge in [-0.3, -0.25) is 4.79 Å². The molecule has 3 heteroatoms. The highest BCUT2D eigenvalue weighted by Crippen LogP contribution is 2.31. The molecule has 0 aromatic carbocycles. The van der Waals surface area contributed by atoms with Crippen LogP contribution in [0.15, 0.2) is 0 Å². The van der Waals surface area contributed by atoms with Gasteiger partial charge in [-0.25, -0.2) is 0 Å². The summed E-state index contributed by atoms with van der Waals surface area (Å²) in [6.07, 6.45) is 4.85. The molecule has 0 aromatic heterocycles. The van der Waals surface area contributed by atoms with Crippen LogP contribution in [0.5, 0.6) is 0 Å². The van der Waals surface area contributed by atoms with Crippen molar-refractivity contribution in [1.82, 2.24) is 5.32 Å². The van der Waals surface area contributed by atoms with E-state index in [9.17, 15) is 9.90 Å². The summed E-state index contributed by atoms with van der Waals surface area (Å²) >= 11 is 0. The molecule has 2 N–H and O–H groups in total. The van der Waals surface area contributed by atoms with Crippen LogP contribution in [0.3, 0.4) is 0 Å². The second kappa shape index (κ2) is 4.97. The highest BCUT2D eigenvalue weighted by Gasteiger charge is 2.42. The lowest BCUT2D eigenvalue weighted by molar-refractivity contribution is -0.131. The van der Waals surface area contributed by atoms with Crippen molar-refractivity contribution in [3.05, 3.63) is 0 Å². The third kappa shape index (κ3) is 3.20. The molecule has 1 saturated carbocycles. The maximum absolute atomic E-state index is 11.7. The van der Waals surface area contributed by atoms with Crippen LogP contribution in [-0.2, 0) is 4.79 Å². The molecule has 1 fully saturated rings. The van der Waals surface area contributed by atoms with Crippen molar-refractivity contribution >= 4 is 5.91 Å². The van der Waals surface area contributed by atoms with Crippen LogP contribution in [0, 0.1) is 5.92 Å². The second-order valence-corrected chi connectivity index (χ2v) is 5.00. The molecule has 3 atom stereocenters. The third-order valence-electron chi connectivity index (χ3n) is 3.44. The lowest BCUT2D eigenvalue weighted by atomic mass is 9.76. The summed E-state index contributed by atoms with van der Waals surface area (Å²) in [7, 11) is 0. The molecule has 0 saturated heterocycles. The number of unbranched alkanes of at least 4 members (excludes halogenated alkanes) is 1. The second-order valence-electron chi connectivity index (χ2n) is 5.00. The molecule has 1 aliphatic rings. The first-order chi connectivity index (χ1) is 6.97. The first-order valence-electron chi connectivity index (χ1n) is 6.00. The molecule has 1 rings (SSSR count). The molecule has 0 spiro atoms. The summed E-state index contributed by atoms with van der Waals surface area (Å²) < 4.78 is 0. The quantitative estimate of drug-likeness (QED) is 0.732. The number of rotatable bonds is 5. The van der Waals surface area contributed by atoms with Crippen LogP contribution in [-0.4, -0.2) is 22.7 Å². The molecule has 3 unspecified atom stereocenters. The topological polar surface area (TPSA) is 49.3 Å².